The molecule has 0 radical (unpaired) electrons. The Morgan fingerprint density at radius 1 is 0.964 bits per heavy atom. The Hall–Kier alpha value is -3.28. The Balaban J connectivity index is 1.99. The van der Waals surface area contributed by atoms with Gasteiger partial charge in [0.05, 0.1) is 25.6 Å². The van der Waals surface area contributed by atoms with Gasteiger partial charge in [-0.3, -0.25) is 0 Å². The highest BCUT2D eigenvalue weighted by Crippen LogP contribution is 2.32. The van der Waals surface area contributed by atoms with Crippen LogP contribution in [0.5, 0.6) is 11.5 Å². The summed E-state index contributed by atoms with van der Waals surface area (Å²) in [5.74, 6) is 2.68. The standard InChI is InChI=1S/C22H26N4O2/c1-5-15(2)23-22-25-19(16-9-7-6-8-10-16)14-21(26-22)24-18-12-11-17(27-3)13-20(18)28-4/h6-15H,5H2,1-4H3,(H2,23,24,25,26). The van der Waals surface area contributed by atoms with E-state index in [2.05, 4.69) is 34.4 Å². The fourth-order valence-electron chi connectivity index (χ4n) is 2.69. The van der Waals surface area contributed by atoms with E-state index in [1.807, 2.05) is 54.6 Å². The van der Waals surface area contributed by atoms with Crippen molar-refractivity contribution in [3.63, 3.8) is 0 Å². The topological polar surface area (TPSA) is 68.3 Å². The van der Waals surface area contributed by atoms with Crippen molar-refractivity contribution < 1.29 is 9.47 Å². The molecule has 0 amide bonds. The maximum atomic E-state index is 5.49. The van der Waals surface area contributed by atoms with Gasteiger partial charge in [-0.25, -0.2) is 4.98 Å². The number of aromatic nitrogens is 2. The lowest BCUT2D eigenvalue weighted by Crippen LogP contribution is -2.16. The van der Waals surface area contributed by atoms with E-state index >= 15 is 0 Å². The second-order valence-electron chi connectivity index (χ2n) is 6.47. The number of ether oxygens (including phenoxy) is 2. The smallest absolute Gasteiger partial charge is 0.225 e. The highest BCUT2D eigenvalue weighted by atomic mass is 16.5. The molecule has 2 aromatic carbocycles. The van der Waals surface area contributed by atoms with Gasteiger partial charge in [-0.2, -0.15) is 4.98 Å². The Bertz CT molecular complexity index is 916. The van der Waals surface area contributed by atoms with Crippen LogP contribution in [0, 0.1) is 0 Å². The van der Waals surface area contributed by atoms with E-state index in [9.17, 15) is 0 Å². The summed E-state index contributed by atoms with van der Waals surface area (Å²) in [5.41, 5.74) is 2.67. The van der Waals surface area contributed by atoms with E-state index in [1.54, 1.807) is 14.2 Å². The number of nitrogens with one attached hydrogen (secondary N) is 2. The summed E-state index contributed by atoms with van der Waals surface area (Å²) in [6.07, 6.45) is 0.980. The fraction of sp³-hybridized carbons (Fsp3) is 0.273. The summed E-state index contributed by atoms with van der Waals surface area (Å²) >= 11 is 0. The minimum absolute atomic E-state index is 0.273. The quantitative estimate of drug-likeness (QED) is 0.567. The zero-order valence-electron chi connectivity index (χ0n) is 16.7. The molecule has 146 valence electrons. The number of anilines is 3. The second kappa shape index (κ2) is 9.08. The number of hydrogen-bond acceptors (Lipinski definition) is 6. The van der Waals surface area contributed by atoms with E-state index in [0.29, 0.717) is 17.5 Å². The first-order valence-corrected chi connectivity index (χ1v) is 9.33. The van der Waals surface area contributed by atoms with Crippen molar-refractivity contribution in [1.29, 1.82) is 0 Å². The summed E-state index contributed by atoms with van der Waals surface area (Å²) in [7, 11) is 3.26. The van der Waals surface area contributed by atoms with Gasteiger partial charge in [0.1, 0.15) is 17.3 Å². The monoisotopic (exact) mass is 378 g/mol. The zero-order chi connectivity index (χ0) is 19.9. The van der Waals surface area contributed by atoms with Gasteiger partial charge in [0.2, 0.25) is 5.95 Å². The molecule has 0 spiro atoms. The van der Waals surface area contributed by atoms with Crippen LogP contribution in [0.3, 0.4) is 0 Å². The molecule has 0 aliphatic rings. The summed E-state index contributed by atoms with van der Waals surface area (Å²) in [5, 5.41) is 6.71. The highest BCUT2D eigenvalue weighted by Gasteiger charge is 2.11. The zero-order valence-corrected chi connectivity index (χ0v) is 16.7. The van der Waals surface area contributed by atoms with Crippen molar-refractivity contribution in [2.75, 3.05) is 24.9 Å². The van der Waals surface area contributed by atoms with E-state index in [-0.39, 0.29) is 6.04 Å². The lowest BCUT2D eigenvalue weighted by atomic mass is 10.1. The average molecular weight is 378 g/mol. The van der Waals surface area contributed by atoms with Crippen molar-refractivity contribution >= 4 is 17.5 Å². The largest absolute Gasteiger partial charge is 0.497 e. The molecule has 3 rings (SSSR count). The maximum absolute atomic E-state index is 5.49. The SMILES string of the molecule is CCC(C)Nc1nc(Nc2ccc(OC)cc2OC)cc(-c2ccccc2)n1. The van der Waals surface area contributed by atoms with Crippen LogP contribution in [0.15, 0.2) is 54.6 Å². The first-order chi connectivity index (χ1) is 13.6. The molecule has 0 saturated carbocycles. The molecule has 0 saturated heterocycles. The number of hydrogen-bond donors (Lipinski definition) is 2. The van der Waals surface area contributed by atoms with Gasteiger partial charge < -0.3 is 20.1 Å². The highest BCUT2D eigenvalue weighted by molar-refractivity contribution is 5.70. The molecule has 1 heterocycles. The summed E-state index contributed by atoms with van der Waals surface area (Å²) in [6, 6.07) is 17.9. The Labute approximate surface area is 166 Å². The van der Waals surface area contributed by atoms with Gasteiger partial charge in [-0.15, -0.1) is 0 Å². The Kier molecular flexibility index (Phi) is 6.32. The van der Waals surface area contributed by atoms with Crippen molar-refractivity contribution in [3.05, 3.63) is 54.6 Å². The van der Waals surface area contributed by atoms with Gasteiger partial charge in [0, 0.05) is 23.7 Å². The van der Waals surface area contributed by atoms with Gasteiger partial charge in [-0.05, 0) is 25.5 Å². The van der Waals surface area contributed by atoms with Crippen LogP contribution in [-0.2, 0) is 0 Å². The van der Waals surface area contributed by atoms with Gasteiger partial charge >= 0.3 is 0 Å². The molecule has 3 aromatic rings. The fourth-order valence-corrected chi connectivity index (χ4v) is 2.69. The van der Waals surface area contributed by atoms with Crippen LogP contribution in [0.25, 0.3) is 11.3 Å². The Morgan fingerprint density at radius 2 is 1.75 bits per heavy atom. The third-order valence-electron chi connectivity index (χ3n) is 4.46. The molecule has 1 aromatic heterocycles. The third-order valence-corrected chi connectivity index (χ3v) is 4.46. The van der Waals surface area contributed by atoms with Crippen LogP contribution in [0.4, 0.5) is 17.5 Å². The van der Waals surface area contributed by atoms with Crippen molar-refractivity contribution in [2.45, 2.75) is 26.3 Å². The van der Waals surface area contributed by atoms with Gasteiger partial charge in [0.25, 0.3) is 0 Å². The molecule has 6 nitrogen and oxygen atoms in total. The maximum Gasteiger partial charge on any atom is 0.225 e. The third kappa shape index (κ3) is 4.71. The van der Waals surface area contributed by atoms with Crippen LogP contribution < -0.4 is 20.1 Å². The second-order valence-corrected chi connectivity index (χ2v) is 6.47. The molecule has 0 aliphatic carbocycles. The van der Waals surface area contributed by atoms with E-state index in [0.717, 1.165) is 29.1 Å². The molecule has 6 heteroatoms. The predicted octanol–water partition coefficient (Wildman–Crippen LogP) is 5.11. The lowest BCUT2D eigenvalue weighted by Gasteiger charge is -2.16. The summed E-state index contributed by atoms with van der Waals surface area (Å²) in [6.45, 7) is 4.23. The van der Waals surface area contributed by atoms with Crippen LogP contribution >= 0.6 is 0 Å². The number of benzene rings is 2. The minimum Gasteiger partial charge on any atom is -0.497 e. The molecule has 1 atom stereocenters. The van der Waals surface area contributed by atoms with E-state index in [1.165, 1.54) is 0 Å². The summed E-state index contributed by atoms with van der Waals surface area (Å²) < 4.78 is 10.8. The van der Waals surface area contributed by atoms with Crippen molar-refractivity contribution in [1.82, 2.24) is 9.97 Å². The first-order valence-electron chi connectivity index (χ1n) is 9.33. The molecule has 28 heavy (non-hydrogen) atoms. The Morgan fingerprint density at radius 3 is 2.43 bits per heavy atom. The summed E-state index contributed by atoms with van der Waals surface area (Å²) in [4.78, 5) is 9.33. The van der Waals surface area contributed by atoms with Crippen LogP contribution in [0.2, 0.25) is 0 Å². The van der Waals surface area contributed by atoms with Crippen LogP contribution in [0.1, 0.15) is 20.3 Å². The van der Waals surface area contributed by atoms with E-state index < -0.39 is 0 Å². The molecule has 0 bridgehead atoms. The molecular formula is C22H26N4O2. The van der Waals surface area contributed by atoms with Crippen molar-refractivity contribution in [3.8, 4) is 22.8 Å². The van der Waals surface area contributed by atoms with Crippen LogP contribution in [-0.4, -0.2) is 30.2 Å². The predicted molar refractivity (Wildman–Crippen MR) is 114 cm³/mol. The normalized spacial score (nSPS) is 11.6. The van der Waals surface area contributed by atoms with E-state index in [4.69, 9.17) is 9.47 Å². The average Bonchev–Trinajstić information content (AvgIpc) is 2.74. The number of rotatable bonds is 8. The molecule has 2 N–H and O–H groups in total. The van der Waals surface area contributed by atoms with Crippen molar-refractivity contribution in [2.24, 2.45) is 0 Å². The lowest BCUT2D eigenvalue weighted by molar-refractivity contribution is 0.395. The number of nitrogens with zero attached hydrogens (tertiary/aromatic N) is 2. The molecular weight excluding hydrogens is 352 g/mol. The minimum atomic E-state index is 0.273. The molecule has 0 fully saturated rings. The van der Waals surface area contributed by atoms with Gasteiger partial charge in [-0.1, -0.05) is 37.3 Å². The number of methoxy groups -OCH3 is 2. The molecule has 0 aliphatic heterocycles. The molecule has 1 unspecified atom stereocenters. The first kappa shape index (κ1) is 19.5. The van der Waals surface area contributed by atoms with Gasteiger partial charge in [0.15, 0.2) is 0 Å².